The van der Waals surface area contributed by atoms with Gasteiger partial charge in [0.2, 0.25) is 0 Å². The van der Waals surface area contributed by atoms with Crippen molar-refractivity contribution in [1.82, 2.24) is 15.5 Å². The van der Waals surface area contributed by atoms with Crippen LogP contribution in [0, 0.1) is 5.92 Å². The number of aliphatic imine (C=N–C) groups is 1. The van der Waals surface area contributed by atoms with Crippen LogP contribution in [-0.2, 0) is 9.47 Å². The first-order chi connectivity index (χ1) is 12.7. The standard InChI is InChI=1S/C20H40N4O2.HI/c1-17(2)15-18(24-10-13-25-14-11-24)16-23-20(21-3)22-9-6-12-26-19-7-4-5-8-19;/h17-19H,4-16H2,1-3H3,(H2,21,22,23);1H. The van der Waals surface area contributed by atoms with Gasteiger partial charge in [0.05, 0.1) is 19.3 Å². The monoisotopic (exact) mass is 496 g/mol. The summed E-state index contributed by atoms with van der Waals surface area (Å²) < 4.78 is 11.4. The molecule has 0 spiro atoms. The fourth-order valence-corrected chi connectivity index (χ4v) is 3.87. The Balaban J connectivity index is 0.00000364. The SMILES string of the molecule is CN=C(NCCCOC1CCCC1)NCC(CC(C)C)N1CCOCC1.I. The lowest BCUT2D eigenvalue weighted by Gasteiger charge is -2.35. The summed E-state index contributed by atoms with van der Waals surface area (Å²) in [6.07, 6.45) is 7.89. The molecule has 1 atom stereocenters. The minimum Gasteiger partial charge on any atom is -0.379 e. The number of ether oxygens (including phenoxy) is 2. The predicted octanol–water partition coefficient (Wildman–Crippen LogP) is 2.87. The van der Waals surface area contributed by atoms with Crippen LogP contribution in [0.4, 0.5) is 0 Å². The van der Waals surface area contributed by atoms with Gasteiger partial charge in [-0.3, -0.25) is 9.89 Å². The number of hydrogen-bond donors (Lipinski definition) is 2. The maximum Gasteiger partial charge on any atom is 0.191 e. The van der Waals surface area contributed by atoms with Gasteiger partial charge in [-0.1, -0.05) is 26.7 Å². The van der Waals surface area contributed by atoms with E-state index in [9.17, 15) is 0 Å². The Kier molecular flexibility index (Phi) is 13.7. The Labute approximate surface area is 183 Å². The minimum atomic E-state index is 0. The number of rotatable bonds is 10. The van der Waals surface area contributed by atoms with Gasteiger partial charge in [-0.25, -0.2) is 0 Å². The summed E-state index contributed by atoms with van der Waals surface area (Å²) in [5.41, 5.74) is 0. The number of guanidine groups is 1. The van der Waals surface area contributed by atoms with Crippen molar-refractivity contribution in [3.05, 3.63) is 0 Å². The predicted molar refractivity (Wildman–Crippen MR) is 123 cm³/mol. The molecule has 1 heterocycles. The third-order valence-electron chi connectivity index (χ3n) is 5.30. The van der Waals surface area contributed by atoms with Gasteiger partial charge in [0.1, 0.15) is 0 Å². The molecule has 0 aromatic heterocycles. The van der Waals surface area contributed by atoms with Crippen molar-refractivity contribution < 1.29 is 9.47 Å². The number of morpholine rings is 1. The smallest absolute Gasteiger partial charge is 0.191 e. The quantitative estimate of drug-likeness (QED) is 0.211. The molecule has 1 saturated carbocycles. The third-order valence-corrected chi connectivity index (χ3v) is 5.30. The number of hydrogen-bond acceptors (Lipinski definition) is 4. The Bertz CT molecular complexity index is 397. The van der Waals surface area contributed by atoms with Crippen molar-refractivity contribution >= 4 is 29.9 Å². The fraction of sp³-hybridized carbons (Fsp3) is 0.950. The molecular formula is C20H41IN4O2. The molecule has 0 radical (unpaired) electrons. The van der Waals surface area contributed by atoms with Crippen molar-refractivity contribution in [3.63, 3.8) is 0 Å². The van der Waals surface area contributed by atoms with Crippen LogP contribution < -0.4 is 10.6 Å². The molecule has 27 heavy (non-hydrogen) atoms. The van der Waals surface area contributed by atoms with Gasteiger partial charge < -0.3 is 20.1 Å². The van der Waals surface area contributed by atoms with E-state index in [0.717, 1.165) is 58.4 Å². The second kappa shape index (κ2) is 14.8. The minimum absolute atomic E-state index is 0. The van der Waals surface area contributed by atoms with E-state index in [1.807, 2.05) is 7.05 Å². The van der Waals surface area contributed by atoms with E-state index in [-0.39, 0.29) is 24.0 Å². The largest absolute Gasteiger partial charge is 0.379 e. The topological polar surface area (TPSA) is 58.1 Å². The van der Waals surface area contributed by atoms with Gasteiger partial charge in [-0.15, -0.1) is 24.0 Å². The van der Waals surface area contributed by atoms with E-state index in [2.05, 4.69) is 34.4 Å². The third kappa shape index (κ3) is 10.3. The van der Waals surface area contributed by atoms with Crippen LogP contribution in [0.3, 0.4) is 0 Å². The van der Waals surface area contributed by atoms with Crippen LogP contribution in [0.2, 0.25) is 0 Å². The fourth-order valence-electron chi connectivity index (χ4n) is 3.87. The molecule has 2 rings (SSSR count). The van der Waals surface area contributed by atoms with Gasteiger partial charge in [0, 0.05) is 45.9 Å². The van der Waals surface area contributed by atoms with Gasteiger partial charge in [-0.05, 0) is 31.6 Å². The van der Waals surface area contributed by atoms with Gasteiger partial charge in [-0.2, -0.15) is 0 Å². The summed E-state index contributed by atoms with van der Waals surface area (Å²) in [5, 5.41) is 6.94. The van der Waals surface area contributed by atoms with Crippen LogP contribution in [0.1, 0.15) is 52.4 Å². The summed E-state index contributed by atoms with van der Waals surface area (Å²) in [5.74, 6) is 1.58. The van der Waals surface area contributed by atoms with Gasteiger partial charge in [0.15, 0.2) is 5.96 Å². The molecule has 0 aromatic rings. The number of nitrogens with zero attached hydrogens (tertiary/aromatic N) is 2. The van der Waals surface area contributed by atoms with Crippen LogP contribution in [0.5, 0.6) is 0 Å². The zero-order chi connectivity index (χ0) is 18.6. The molecule has 0 aromatic carbocycles. The number of nitrogens with one attached hydrogen (secondary N) is 2. The highest BCUT2D eigenvalue weighted by atomic mass is 127. The van der Waals surface area contributed by atoms with E-state index in [1.54, 1.807) is 0 Å². The molecule has 0 amide bonds. The average Bonchev–Trinajstić information content (AvgIpc) is 3.16. The van der Waals surface area contributed by atoms with E-state index < -0.39 is 0 Å². The molecule has 2 aliphatic rings. The highest BCUT2D eigenvalue weighted by Crippen LogP contribution is 2.20. The number of halogens is 1. The molecule has 2 N–H and O–H groups in total. The zero-order valence-corrected chi connectivity index (χ0v) is 19.9. The maximum absolute atomic E-state index is 5.92. The van der Waals surface area contributed by atoms with Crippen molar-refractivity contribution in [3.8, 4) is 0 Å². The molecule has 1 unspecified atom stereocenters. The molecular weight excluding hydrogens is 455 g/mol. The molecule has 2 fully saturated rings. The summed E-state index contributed by atoms with van der Waals surface area (Å²) in [7, 11) is 1.84. The van der Waals surface area contributed by atoms with Crippen LogP contribution in [0.15, 0.2) is 4.99 Å². The molecule has 0 bridgehead atoms. The Morgan fingerprint density at radius 2 is 1.89 bits per heavy atom. The summed E-state index contributed by atoms with van der Waals surface area (Å²) in [6, 6.07) is 0.531. The normalized spacial score (nSPS) is 20.5. The molecule has 7 heteroatoms. The van der Waals surface area contributed by atoms with Crippen molar-refractivity contribution in [1.29, 1.82) is 0 Å². The van der Waals surface area contributed by atoms with Crippen LogP contribution >= 0.6 is 24.0 Å². The first-order valence-electron chi connectivity index (χ1n) is 10.6. The lowest BCUT2D eigenvalue weighted by atomic mass is 10.0. The summed E-state index contributed by atoms with van der Waals surface area (Å²) >= 11 is 0. The molecule has 6 nitrogen and oxygen atoms in total. The molecule has 1 aliphatic carbocycles. The average molecular weight is 496 g/mol. The van der Waals surface area contributed by atoms with Gasteiger partial charge in [0.25, 0.3) is 0 Å². The van der Waals surface area contributed by atoms with Crippen molar-refractivity contribution in [2.45, 2.75) is 64.5 Å². The first-order valence-corrected chi connectivity index (χ1v) is 10.6. The summed E-state index contributed by atoms with van der Waals surface area (Å²) in [4.78, 5) is 6.92. The van der Waals surface area contributed by atoms with Gasteiger partial charge >= 0.3 is 0 Å². The van der Waals surface area contributed by atoms with Crippen molar-refractivity contribution in [2.24, 2.45) is 10.9 Å². The lowest BCUT2D eigenvalue weighted by Crippen LogP contribution is -2.51. The van der Waals surface area contributed by atoms with Crippen LogP contribution in [0.25, 0.3) is 0 Å². The molecule has 1 saturated heterocycles. The summed E-state index contributed by atoms with van der Waals surface area (Å²) in [6.45, 7) is 11.0. The molecule has 1 aliphatic heterocycles. The van der Waals surface area contributed by atoms with E-state index in [4.69, 9.17) is 9.47 Å². The zero-order valence-electron chi connectivity index (χ0n) is 17.5. The highest BCUT2D eigenvalue weighted by molar-refractivity contribution is 14.0. The van der Waals surface area contributed by atoms with Crippen molar-refractivity contribution in [2.75, 3.05) is 53.0 Å². The molecule has 160 valence electrons. The highest BCUT2D eigenvalue weighted by Gasteiger charge is 2.22. The van der Waals surface area contributed by atoms with E-state index >= 15 is 0 Å². The van der Waals surface area contributed by atoms with E-state index in [1.165, 1.54) is 32.1 Å². The second-order valence-corrected chi connectivity index (χ2v) is 7.94. The Morgan fingerprint density at radius 3 is 2.52 bits per heavy atom. The second-order valence-electron chi connectivity index (χ2n) is 7.94. The lowest BCUT2D eigenvalue weighted by molar-refractivity contribution is 0.0132. The Morgan fingerprint density at radius 1 is 1.19 bits per heavy atom. The maximum atomic E-state index is 5.92. The van der Waals surface area contributed by atoms with Crippen LogP contribution in [-0.4, -0.2) is 76.1 Å². The Hall–Kier alpha value is -0.120. The first kappa shape index (κ1) is 24.9. The van der Waals surface area contributed by atoms with E-state index in [0.29, 0.717) is 18.1 Å².